The van der Waals surface area contributed by atoms with Crippen molar-refractivity contribution in [2.45, 2.75) is 0 Å². The highest BCUT2D eigenvalue weighted by molar-refractivity contribution is 6.31. The van der Waals surface area contributed by atoms with Crippen LogP contribution in [0.25, 0.3) is 0 Å². The quantitative estimate of drug-likeness (QED) is 0.374. The van der Waals surface area contributed by atoms with E-state index in [0.717, 1.165) is 0 Å². The molecule has 8 nitrogen and oxygen atoms in total. The van der Waals surface area contributed by atoms with Crippen LogP contribution < -0.4 is 17.2 Å². The lowest BCUT2D eigenvalue weighted by atomic mass is 9.83. The topological polar surface area (TPSA) is 157 Å². The van der Waals surface area contributed by atoms with E-state index in [-0.39, 0.29) is 45.6 Å². The largest absolute Gasteiger partial charge is 0.507 e. The number of aromatic hydroxyl groups is 1. The zero-order chi connectivity index (χ0) is 17.4. The Labute approximate surface area is 136 Å². The second-order valence-electron chi connectivity index (χ2n) is 5.06. The van der Waals surface area contributed by atoms with Crippen LogP contribution in [-0.4, -0.2) is 28.6 Å². The van der Waals surface area contributed by atoms with Crippen molar-refractivity contribution in [2.75, 3.05) is 0 Å². The smallest absolute Gasteiger partial charge is 0.223 e. The average Bonchev–Trinajstić information content (AvgIpc) is 2.53. The number of nitrogens with two attached hydrogens (primary N) is 3. The van der Waals surface area contributed by atoms with Crippen molar-refractivity contribution in [3.05, 3.63) is 58.7 Å². The summed E-state index contributed by atoms with van der Waals surface area (Å²) in [7, 11) is 0. The fourth-order valence-corrected chi connectivity index (χ4v) is 2.56. The molecule has 1 aliphatic carbocycles. The summed E-state index contributed by atoms with van der Waals surface area (Å²) in [6.07, 6.45) is 0. The maximum atomic E-state index is 12.8. The standard InChI is InChI=1S/C16H13N5O3/c17-15(18)21-16(19)20-9-5-6-10(22)12-11(9)13(23)7-3-1-2-4-8(7)14(12)24/h1-6,22H,(H6,17,18,19,20,21). The number of nitrogens with zero attached hydrogens (tertiary/aromatic N) is 2. The maximum absolute atomic E-state index is 12.8. The predicted octanol–water partition coefficient (Wildman–Crippen LogP) is 0.387. The third-order valence-electron chi connectivity index (χ3n) is 3.51. The van der Waals surface area contributed by atoms with Crippen LogP contribution in [0.15, 0.2) is 46.4 Å². The first-order chi connectivity index (χ1) is 11.4. The van der Waals surface area contributed by atoms with Gasteiger partial charge in [0.05, 0.1) is 16.8 Å². The number of carbonyl (C=O) groups excluding carboxylic acids is 2. The molecule has 7 N–H and O–H groups in total. The van der Waals surface area contributed by atoms with E-state index >= 15 is 0 Å². The Bertz CT molecular complexity index is 943. The average molecular weight is 323 g/mol. The van der Waals surface area contributed by atoms with Crippen molar-refractivity contribution in [2.24, 2.45) is 27.2 Å². The van der Waals surface area contributed by atoms with E-state index in [1.807, 2.05) is 0 Å². The molecule has 24 heavy (non-hydrogen) atoms. The molecule has 2 aromatic carbocycles. The van der Waals surface area contributed by atoms with Gasteiger partial charge in [0, 0.05) is 11.1 Å². The first-order valence-electron chi connectivity index (χ1n) is 6.88. The van der Waals surface area contributed by atoms with E-state index in [1.54, 1.807) is 12.1 Å². The van der Waals surface area contributed by atoms with Crippen LogP contribution in [0.3, 0.4) is 0 Å². The van der Waals surface area contributed by atoms with Gasteiger partial charge in [-0.05, 0) is 12.1 Å². The van der Waals surface area contributed by atoms with Gasteiger partial charge < -0.3 is 22.3 Å². The van der Waals surface area contributed by atoms with Gasteiger partial charge in [0.15, 0.2) is 17.5 Å². The number of hydrogen-bond acceptors (Lipinski definition) is 4. The van der Waals surface area contributed by atoms with Gasteiger partial charge >= 0.3 is 0 Å². The number of hydrogen-bond donors (Lipinski definition) is 4. The van der Waals surface area contributed by atoms with Gasteiger partial charge in [0.2, 0.25) is 5.96 Å². The molecule has 8 heteroatoms. The van der Waals surface area contributed by atoms with Crippen LogP contribution in [-0.2, 0) is 0 Å². The van der Waals surface area contributed by atoms with Crippen LogP contribution in [0.5, 0.6) is 5.75 Å². The molecule has 0 radical (unpaired) electrons. The molecule has 0 heterocycles. The van der Waals surface area contributed by atoms with Crippen molar-refractivity contribution >= 4 is 29.2 Å². The summed E-state index contributed by atoms with van der Waals surface area (Å²) in [6.45, 7) is 0. The molecule has 0 atom stereocenters. The van der Waals surface area contributed by atoms with Crippen molar-refractivity contribution in [1.82, 2.24) is 0 Å². The Kier molecular flexibility index (Phi) is 3.49. The predicted molar refractivity (Wildman–Crippen MR) is 88.5 cm³/mol. The van der Waals surface area contributed by atoms with E-state index < -0.39 is 11.6 Å². The number of aliphatic imine (C=N–C) groups is 2. The zero-order valence-corrected chi connectivity index (χ0v) is 12.4. The Balaban J connectivity index is 2.27. The summed E-state index contributed by atoms with van der Waals surface area (Å²) in [5, 5.41) is 10.1. The molecule has 0 spiro atoms. The summed E-state index contributed by atoms with van der Waals surface area (Å²) in [4.78, 5) is 33.0. The van der Waals surface area contributed by atoms with Gasteiger partial charge in [-0.2, -0.15) is 4.99 Å². The van der Waals surface area contributed by atoms with Gasteiger partial charge in [-0.25, -0.2) is 4.99 Å². The molecule has 0 amide bonds. The number of fused-ring (bicyclic) bond motifs is 2. The molecular weight excluding hydrogens is 310 g/mol. The summed E-state index contributed by atoms with van der Waals surface area (Å²) >= 11 is 0. The Morgan fingerprint density at radius 3 is 2.04 bits per heavy atom. The summed E-state index contributed by atoms with van der Waals surface area (Å²) < 4.78 is 0. The Morgan fingerprint density at radius 2 is 1.46 bits per heavy atom. The molecule has 0 aliphatic heterocycles. The Morgan fingerprint density at radius 1 is 0.875 bits per heavy atom. The summed E-state index contributed by atoms with van der Waals surface area (Å²) in [6, 6.07) is 8.98. The van der Waals surface area contributed by atoms with Crippen LogP contribution in [0, 0.1) is 0 Å². The van der Waals surface area contributed by atoms with Crippen molar-refractivity contribution in [1.29, 1.82) is 0 Å². The second-order valence-corrected chi connectivity index (χ2v) is 5.06. The first-order valence-corrected chi connectivity index (χ1v) is 6.88. The lowest BCUT2D eigenvalue weighted by Crippen LogP contribution is -2.26. The highest BCUT2D eigenvalue weighted by Gasteiger charge is 2.33. The molecule has 2 aromatic rings. The number of ketones is 2. The lowest BCUT2D eigenvalue weighted by Gasteiger charge is -2.19. The molecule has 0 bridgehead atoms. The molecule has 120 valence electrons. The molecule has 0 saturated carbocycles. The van der Waals surface area contributed by atoms with E-state index in [2.05, 4.69) is 9.98 Å². The van der Waals surface area contributed by atoms with Gasteiger partial charge in [-0.1, -0.05) is 24.3 Å². The van der Waals surface area contributed by atoms with Gasteiger partial charge in [0.25, 0.3) is 0 Å². The first kappa shape index (κ1) is 15.2. The monoisotopic (exact) mass is 323 g/mol. The van der Waals surface area contributed by atoms with E-state index in [0.29, 0.717) is 0 Å². The highest BCUT2D eigenvalue weighted by Crippen LogP contribution is 2.38. The number of phenols is 1. The van der Waals surface area contributed by atoms with Crippen LogP contribution >= 0.6 is 0 Å². The number of guanidine groups is 2. The molecule has 1 aliphatic rings. The maximum Gasteiger partial charge on any atom is 0.223 e. The number of phenolic OH excluding ortho intramolecular Hbond substituents is 1. The van der Waals surface area contributed by atoms with Crippen molar-refractivity contribution in [3.63, 3.8) is 0 Å². The van der Waals surface area contributed by atoms with Crippen LogP contribution in [0.4, 0.5) is 5.69 Å². The van der Waals surface area contributed by atoms with Crippen LogP contribution in [0.2, 0.25) is 0 Å². The molecule has 0 unspecified atom stereocenters. The normalized spacial score (nSPS) is 13.2. The van der Waals surface area contributed by atoms with Gasteiger partial charge in [-0.15, -0.1) is 0 Å². The van der Waals surface area contributed by atoms with E-state index in [4.69, 9.17) is 17.2 Å². The van der Waals surface area contributed by atoms with Crippen molar-refractivity contribution in [3.8, 4) is 5.75 Å². The highest BCUT2D eigenvalue weighted by atomic mass is 16.3. The summed E-state index contributed by atoms with van der Waals surface area (Å²) in [5.74, 6) is -1.78. The SMILES string of the molecule is NC(N)=NC(N)=Nc1ccc(O)c2c1C(=O)c1ccccc1C2=O. The van der Waals surface area contributed by atoms with Gasteiger partial charge in [-0.3, -0.25) is 9.59 Å². The molecular formula is C16H13N5O3. The fourth-order valence-electron chi connectivity index (χ4n) is 2.56. The fraction of sp³-hybridized carbons (Fsp3) is 0. The number of benzene rings is 2. The van der Waals surface area contributed by atoms with E-state index in [1.165, 1.54) is 24.3 Å². The minimum atomic E-state index is -0.463. The third-order valence-corrected chi connectivity index (χ3v) is 3.51. The molecule has 0 fully saturated rings. The zero-order valence-electron chi connectivity index (χ0n) is 12.4. The molecule has 3 rings (SSSR count). The minimum absolute atomic E-state index is 0.0348. The van der Waals surface area contributed by atoms with Crippen LogP contribution in [0.1, 0.15) is 31.8 Å². The van der Waals surface area contributed by atoms with E-state index in [9.17, 15) is 14.7 Å². The number of carbonyl (C=O) groups is 2. The minimum Gasteiger partial charge on any atom is -0.507 e. The lowest BCUT2D eigenvalue weighted by molar-refractivity contribution is 0.0977. The summed E-state index contributed by atoms with van der Waals surface area (Å²) in [5.41, 5.74) is 16.5. The molecule has 0 aromatic heterocycles. The third kappa shape index (κ3) is 2.35. The number of rotatable bonds is 1. The van der Waals surface area contributed by atoms with Gasteiger partial charge in [0.1, 0.15) is 5.75 Å². The Hall–Kier alpha value is -3.68. The second kappa shape index (κ2) is 5.51. The van der Waals surface area contributed by atoms with Crippen molar-refractivity contribution < 1.29 is 14.7 Å². The molecule has 0 saturated heterocycles.